The van der Waals surface area contributed by atoms with E-state index in [1.54, 1.807) is 32.2 Å². The highest BCUT2D eigenvalue weighted by Gasteiger charge is 2.22. The van der Waals surface area contributed by atoms with Gasteiger partial charge < -0.3 is 9.73 Å². The number of aromatic nitrogens is 2. The normalized spacial score (nSPS) is 12.1. The molecule has 0 saturated carbocycles. The van der Waals surface area contributed by atoms with Crippen molar-refractivity contribution in [3.63, 3.8) is 0 Å². The van der Waals surface area contributed by atoms with Crippen molar-refractivity contribution in [1.82, 2.24) is 14.7 Å². The Bertz CT molecular complexity index is 1810. The fraction of sp³-hybridized carbons (Fsp3) is 0.185. The molecule has 3 aromatic heterocycles. The van der Waals surface area contributed by atoms with Crippen LogP contribution >= 0.6 is 11.6 Å². The Morgan fingerprint density at radius 3 is 2.61 bits per heavy atom. The van der Waals surface area contributed by atoms with Gasteiger partial charge in [0.15, 0.2) is 11.1 Å². The summed E-state index contributed by atoms with van der Waals surface area (Å²) in [4.78, 5) is 34.2. The molecule has 1 atom stereocenters. The van der Waals surface area contributed by atoms with E-state index in [0.29, 0.717) is 39.0 Å². The summed E-state index contributed by atoms with van der Waals surface area (Å²) in [6.45, 7) is 5.34. The second-order valence-corrected chi connectivity index (χ2v) is 11.0. The van der Waals surface area contributed by atoms with Crippen LogP contribution in [0.15, 0.2) is 51.9 Å². The molecule has 0 bridgehead atoms. The van der Waals surface area contributed by atoms with Crippen LogP contribution < -0.4 is 15.5 Å². The van der Waals surface area contributed by atoms with Gasteiger partial charge in [-0.2, -0.15) is 0 Å². The standard InChI is InChI=1S/C27H23ClN4O5S/c1-6-17-11-18(13-29-12-17)25-15(3)24(33)20-10-14(2)9-19(26(20)37-25)16(4)30-21-7-8-22(28)31-23(21)27(34)32-38(5,35)36/h1,7-13,16,30H,2-5H3,(H,32,34). The monoisotopic (exact) mass is 550 g/mol. The van der Waals surface area contributed by atoms with Crippen molar-refractivity contribution in [2.24, 2.45) is 0 Å². The molecule has 0 saturated heterocycles. The van der Waals surface area contributed by atoms with Gasteiger partial charge in [0, 0.05) is 34.6 Å². The second kappa shape index (κ2) is 10.3. The molecule has 194 valence electrons. The zero-order valence-corrected chi connectivity index (χ0v) is 22.5. The van der Waals surface area contributed by atoms with Gasteiger partial charge in [0.2, 0.25) is 10.0 Å². The number of rotatable bonds is 6. The summed E-state index contributed by atoms with van der Waals surface area (Å²) in [5, 5.41) is 3.57. The van der Waals surface area contributed by atoms with Crippen LogP contribution in [0.1, 0.15) is 45.7 Å². The zero-order chi connectivity index (χ0) is 27.8. The third-order valence-corrected chi connectivity index (χ3v) is 6.52. The number of pyridine rings is 2. The highest BCUT2D eigenvalue weighted by molar-refractivity contribution is 7.89. The molecule has 0 aliphatic heterocycles. The van der Waals surface area contributed by atoms with Crippen molar-refractivity contribution in [2.75, 3.05) is 11.6 Å². The SMILES string of the molecule is C#Cc1cncc(-c2oc3c(C(C)Nc4ccc(Cl)nc4C(=O)NS(C)(=O)=O)cc(C)cc3c(=O)c2C)c1. The molecule has 4 aromatic rings. The van der Waals surface area contributed by atoms with Gasteiger partial charge in [0.05, 0.1) is 23.4 Å². The number of hydrogen-bond donors (Lipinski definition) is 2. The number of terminal acetylenes is 1. The predicted octanol–water partition coefficient (Wildman–Crippen LogP) is 4.36. The van der Waals surface area contributed by atoms with E-state index in [9.17, 15) is 18.0 Å². The van der Waals surface area contributed by atoms with Gasteiger partial charge in [-0.25, -0.2) is 18.1 Å². The van der Waals surface area contributed by atoms with Crippen LogP contribution in [0.4, 0.5) is 5.69 Å². The number of amides is 1. The largest absolute Gasteiger partial charge is 0.455 e. The quantitative estimate of drug-likeness (QED) is 0.267. The highest BCUT2D eigenvalue weighted by Crippen LogP contribution is 2.32. The third-order valence-electron chi connectivity index (χ3n) is 5.75. The highest BCUT2D eigenvalue weighted by atomic mass is 35.5. The number of nitrogens with one attached hydrogen (secondary N) is 2. The summed E-state index contributed by atoms with van der Waals surface area (Å²) in [5.41, 5.74) is 3.13. The molecule has 2 N–H and O–H groups in total. The number of benzene rings is 1. The maximum Gasteiger partial charge on any atom is 0.285 e. The van der Waals surface area contributed by atoms with Crippen LogP contribution in [0.2, 0.25) is 5.15 Å². The molecule has 1 aromatic carbocycles. The van der Waals surface area contributed by atoms with Crippen molar-refractivity contribution >= 4 is 44.2 Å². The van der Waals surface area contributed by atoms with Crippen molar-refractivity contribution in [1.29, 1.82) is 0 Å². The maximum absolute atomic E-state index is 13.4. The minimum atomic E-state index is -3.84. The number of carbonyl (C=O) groups excluding carboxylic acids is 1. The first-order valence-corrected chi connectivity index (χ1v) is 13.6. The van der Waals surface area contributed by atoms with Gasteiger partial charge in [-0.3, -0.25) is 14.6 Å². The van der Waals surface area contributed by atoms with Gasteiger partial charge in [-0.05, 0) is 50.6 Å². The maximum atomic E-state index is 13.4. The smallest absolute Gasteiger partial charge is 0.285 e. The third kappa shape index (κ3) is 5.54. The molecule has 4 rings (SSSR count). The van der Waals surface area contributed by atoms with Crippen LogP contribution in [-0.4, -0.2) is 30.5 Å². The van der Waals surface area contributed by atoms with E-state index in [1.165, 1.54) is 18.3 Å². The number of halogens is 1. The van der Waals surface area contributed by atoms with Crippen LogP contribution in [0.3, 0.4) is 0 Å². The molecule has 0 aliphatic rings. The van der Waals surface area contributed by atoms with E-state index in [2.05, 4.69) is 21.2 Å². The minimum Gasteiger partial charge on any atom is -0.455 e. The fourth-order valence-corrected chi connectivity index (χ4v) is 4.64. The number of nitrogens with zero attached hydrogens (tertiary/aromatic N) is 2. The lowest BCUT2D eigenvalue weighted by atomic mass is 9.99. The fourth-order valence-electron chi connectivity index (χ4n) is 4.06. The predicted molar refractivity (Wildman–Crippen MR) is 147 cm³/mol. The molecule has 1 unspecified atom stereocenters. The molecular weight excluding hydrogens is 528 g/mol. The number of carbonyl (C=O) groups is 1. The Morgan fingerprint density at radius 2 is 1.92 bits per heavy atom. The van der Waals surface area contributed by atoms with E-state index in [-0.39, 0.29) is 22.0 Å². The molecular formula is C27H23ClN4O5S. The molecule has 11 heteroatoms. The Morgan fingerprint density at radius 1 is 1.18 bits per heavy atom. The molecule has 38 heavy (non-hydrogen) atoms. The summed E-state index contributed by atoms with van der Waals surface area (Å²) in [7, 11) is -3.84. The average molecular weight is 551 g/mol. The lowest BCUT2D eigenvalue weighted by Gasteiger charge is -2.20. The van der Waals surface area contributed by atoms with Gasteiger partial charge in [0.25, 0.3) is 5.91 Å². The summed E-state index contributed by atoms with van der Waals surface area (Å²) in [6, 6.07) is 7.79. The number of sulfonamides is 1. The first kappa shape index (κ1) is 26.9. The molecule has 0 spiro atoms. The molecule has 0 fully saturated rings. The number of aryl methyl sites for hydroxylation is 1. The molecule has 1 amide bonds. The van der Waals surface area contributed by atoms with Crippen molar-refractivity contribution in [3.05, 3.63) is 86.0 Å². The number of hydrogen-bond acceptors (Lipinski definition) is 8. The lowest BCUT2D eigenvalue weighted by molar-refractivity contribution is 0.0977. The summed E-state index contributed by atoms with van der Waals surface area (Å²) >= 11 is 5.98. The summed E-state index contributed by atoms with van der Waals surface area (Å²) in [5.74, 6) is 1.93. The van der Waals surface area contributed by atoms with E-state index in [1.807, 2.05) is 17.7 Å². The van der Waals surface area contributed by atoms with E-state index in [4.69, 9.17) is 22.4 Å². The van der Waals surface area contributed by atoms with Crippen LogP contribution in [0.25, 0.3) is 22.3 Å². The second-order valence-electron chi connectivity index (χ2n) is 8.82. The molecule has 0 aliphatic carbocycles. The van der Waals surface area contributed by atoms with Crippen LogP contribution in [0.5, 0.6) is 0 Å². The molecule has 3 heterocycles. The Balaban J connectivity index is 1.85. The number of anilines is 1. The van der Waals surface area contributed by atoms with Gasteiger partial charge >= 0.3 is 0 Å². The molecule has 9 nitrogen and oxygen atoms in total. The first-order valence-electron chi connectivity index (χ1n) is 11.3. The molecule has 0 radical (unpaired) electrons. The summed E-state index contributed by atoms with van der Waals surface area (Å²) < 4.78 is 31.5. The average Bonchev–Trinajstić information content (AvgIpc) is 2.86. The van der Waals surface area contributed by atoms with Gasteiger partial charge in [-0.15, -0.1) is 6.42 Å². The minimum absolute atomic E-state index is 0.0109. The Kier molecular flexibility index (Phi) is 7.26. The van der Waals surface area contributed by atoms with Crippen LogP contribution in [0, 0.1) is 26.2 Å². The van der Waals surface area contributed by atoms with Crippen LogP contribution in [-0.2, 0) is 10.0 Å². The summed E-state index contributed by atoms with van der Waals surface area (Å²) in [6.07, 6.45) is 9.49. The lowest BCUT2D eigenvalue weighted by Crippen LogP contribution is -2.31. The topological polar surface area (TPSA) is 131 Å². The zero-order valence-electron chi connectivity index (χ0n) is 20.9. The Labute approximate surface area is 224 Å². The van der Waals surface area contributed by atoms with E-state index < -0.39 is 22.0 Å². The van der Waals surface area contributed by atoms with E-state index >= 15 is 0 Å². The van der Waals surface area contributed by atoms with Crippen molar-refractivity contribution in [2.45, 2.75) is 26.8 Å². The Hall–Kier alpha value is -4.20. The van der Waals surface area contributed by atoms with Crippen molar-refractivity contribution < 1.29 is 17.6 Å². The first-order chi connectivity index (χ1) is 17.9. The van der Waals surface area contributed by atoms with E-state index in [0.717, 1.165) is 11.8 Å². The van der Waals surface area contributed by atoms with Gasteiger partial charge in [-0.1, -0.05) is 23.6 Å². The van der Waals surface area contributed by atoms with Gasteiger partial charge in [0.1, 0.15) is 16.5 Å². The number of fused-ring (bicyclic) bond motifs is 1. The van der Waals surface area contributed by atoms with Crippen molar-refractivity contribution in [3.8, 4) is 23.7 Å².